The van der Waals surface area contributed by atoms with E-state index in [1.165, 1.54) is 27.4 Å². The van der Waals surface area contributed by atoms with Crippen LogP contribution in [0, 0.1) is 0 Å². The number of furan rings is 1. The molecule has 3 aromatic heterocycles. The van der Waals surface area contributed by atoms with Crippen LogP contribution in [0.15, 0.2) is 132 Å². The van der Waals surface area contributed by atoms with Crippen LogP contribution in [0.3, 0.4) is 0 Å². The molecule has 0 saturated heterocycles. The number of hydrogen-bond acceptors (Lipinski definition) is 3. The zero-order valence-corrected chi connectivity index (χ0v) is 28.0. The van der Waals surface area contributed by atoms with Gasteiger partial charge in [-0.1, -0.05) is 111 Å². The van der Waals surface area contributed by atoms with Crippen LogP contribution in [0.5, 0.6) is 0 Å². The Morgan fingerprint density at radius 2 is 1.60 bits per heavy atom. The number of nitrogens with zero attached hydrogens (tertiary/aromatic N) is 3. The third-order valence-corrected chi connectivity index (χ3v) is 9.84. The standard InChI is InChI=1S/C44H37N3O/c1-7-10-16-27(4)42-45-36-21-13-11-17-31(36)40(46-42)29(9-3)25-28(8-2)30-23-24-37-35(26-30)44(5,6)34-20-15-19-33-39-32-18-12-14-22-38(32)48-43(39)47(37)41(33)34/h7-26H,2H2,1,3-6H3/b10-7-,27-16+,28-25+,29-9+. The molecule has 0 atom stereocenters. The van der Waals surface area contributed by atoms with Crippen molar-refractivity contribution < 1.29 is 4.42 Å². The van der Waals surface area contributed by atoms with Gasteiger partial charge in [0.1, 0.15) is 5.58 Å². The summed E-state index contributed by atoms with van der Waals surface area (Å²) in [5, 5.41) is 4.57. The van der Waals surface area contributed by atoms with Crippen molar-refractivity contribution in [2.24, 2.45) is 0 Å². The number of hydrogen-bond donors (Lipinski definition) is 0. The Labute approximate surface area is 280 Å². The molecule has 7 aromatic rings. The first-order valence-electron chi connectivity index (χ1n) is 16.5. The number of para-hydroxylation sites is 3. The molecule has 0 amide bonds. The van der Waals surface area contributed by atoms with Gasteiger partial charge in [-0.25, -0.2) is 9.97 Å². The lowest BCUT2D eigenvalue weighted by molar-refractivity contribution is 0.612. The highest BCUT2D eigenvalue weighted by molar-refractivity contribution is 6.21. The zero-order valence-electron chi connectivity index (χ0n) is 28.0. The number of rotatable bonds is 6. The Morgan fingerprint density at radius 3 is 2.40 bits per heavy atom. The van der Waals surface area contributed by atoms with E-state index < -0.39 is 0 Å². The highest BCUT2D eigenvalue weighted by atomic mass is 16.3. The molecule has 0 saturated carbocycles. The first kappa shape index (κ1) is 29.6. The van der Waals surface area contributed by atoms with Crippen molar-refractivity contribution in [3.05, 3.63) is 156 Å². The van der Waals surface area contributed by atoms with Crippen molar-refractivity contribution >= 4 is 60.6 Å². The van der Waals surface area contributed by atoms with Crippen molar-refractivity contribution in [1.29, 1.82) is 0 Å². The van der Waals surface area contributed by atoms with Crippen LogP contribution in [0.25, 0.3) is 66.3 Å². The Kier molecular flexibility index (Phi) is 6.92. The van der Waals surface area contributed by atoms with Crippen LogP contribution in [-0.2, 0) is 5.41 Å². The molecular weight excluding hydrogens is 587 g/mol. The smallest absolute Gasteiger partial charge is 0.213 e. The number of allylic oxidation sites excluding steroid dienone is 9. The molecule has 0 N–H and O–H groups in total. The zero-order chi connectivity index (χ0) is 33.2. The van der Waals surface area contributed by atoms with Gasteiger partial charge in [0.15, 0.2) is 5.82 Å². The molecule has 0 fully saturated rings. The van der Waals surface area contributed by atoms with Crippen molar-refractivity contribution in [2.45, 2.75) is 40.0 Å². The van der Waals surface area contributed by atoms with E-state index in [4.69, 9.17) is 14.4 Å². The summed E-state index contributed by atoms with van der Waals surface area (Å²) in [6.07, 6.45) is 12.4. The van der Waals surface area contributed by atoms with Gasteiger partial charge >= 0.3 is 0 Å². The van der Waals surface area contributed by atoms with Gasteiger partial charge in [0.25, 0.3) is 0 Å². The van der Waals surface area contributed by atoms with E-state index in [0.29, 0.717) is 0 Å². The van der Waals surface area contributed by atoms with E-state index in [2.05, 4.69) is 124 Å². The Hall–Kier alpha value is -5.74. The molecule has 0 bridgehead atoms. The molecular formula is C44H37N3O. The minimum Gasteiger partial charge on any atom is -0.439 e. The maximum absolute atomic E-state index is 6.58. The molecule has 234 valence electrons. The lowest BCUT2D eigenvalue weighted by atomic mass is 9.74. The Bertz CT molecular complexity index is 2580. The van der Waals surface area contributed by atoms with Gasteiger partial charge in [0.2, 0.25) is 5.71 Å². The van der Waals surface area contributed by atoms with Gasteiger partial charge in [-0.3, -0.25) is 4.57 Å². The Morgan fingerprint density at radius 1 is 0.833 bits per heavy atom. The summed E-state index contributed by atoms with van der Waals surface area (Å²) < 4.78 is 8.91. The van der Waals surface area contributed by atoms with Crippen LogP contribution in [-0.4, -0.2) is 14.5 Å². The van der Waals surface area contributed by atoms with E-state index >= 15 is 0 Å². The largest absolute Gasteiger partial charge is 0.439 e. The summed E-state index contributed by atoms with van der Waals surface area (Å²) in [5.74, 6) is 0.721. The van der Waals surface area contributed by atoms with Gasteiger partial charge in [0.05, 0.1) is 27.8 Å². The third kappa shape index (κ3) is 4.36. The van der Waals surface area contributed by atoms with E-state index in [-0.39, 0.29) is 5.41 Å². The first-order chi connectivity index (χ1) is 23.3. The first-order valence-corrected chi connectivity index (χ1v) is 16.5. The van der Waals surface area contributed by atoms with Crippen molar-refractivity contribution in [1.82, 2.24) is 14.5 Å². The molecule has 4 heterocycles. The van der Waals surface area contributed by atoms with Crippen LogP contribution in [0.1, 0.15) is 62.8 Å². The highest BCUT2D eigenvalue weighted by Crippen LogP contribution is 2.49. The van der Waals surface area contributed by atoms with E-state index in [0.717, 1.165) is 67.1 Å². The fourth-order valence-corrected chi connectivity index (χ4v) is 7.33. The fourth-order valence-electron chi connectivity index (χ4n) is 7.33. The predicted octanol–water partition coefficient (Wildman–Crippen LogP) is 11.8. The monoisotopic (exact) mass is 623 g/mol. The SMILES string of the molecule is C=C/C(=C\C(=C/C)c1nc(/C(C)=C/C=C\C)nc2ccccc12)c1ccc2c(c1)C(C)(C)c1cccc3c4c5ccccc5oc4n-2c13. The number of aromatic nitrogens is 3. The van der Waals surface area contributed by atoms with E-state index in [1.54, 1.807) is 0 Å². The molecule has 48 heavy (non-hydrogen) atoms. The predicted molar refractivity (Wildman–Crippen MR) is 203 cm³/mol. The number of benzene rings is 4. The second-order valence-electron chi connectivity index (χ2n) is 13.0. The second-order valence-corrected chi connectivity index (χ2v) is 13.0. The molecule has 0 radical (unpaired) electrons. The molecule has 0 spiro atoms. The summed E-state index contributed by atoms with van der Waals surface area (Å²) in [6.45, 7) is 15.0. The number of fused-ring (bicyclic) bond motifs is 8. The van der Waals surface area contributed by atoms with Crippen molar-refractivity contribution in [2.75, 3.05) is 0 Å². The maximum Gasteiger partial charge on any atom is 0.213 e. The summed E-state index contributed by atoms with van der Waals surface area (Å²) in [5.41, 5.74) is 12.4. The average molecular weight is 624 g/mol. The quantitative estimate of drug-likeness (QED) is 0.173. The molecule has 4 nitrogen and oxygen atoms in total. The normalized spacial score (nSPS) is 14.9. The summed E-state index contributed by atoms with van der Waals surface area (Å²) in [4.78, 5) is 10.0. The Balaban J connectivity index is 1.31. The van der Waals surface area contributed by atoms with Gasteiger partial charge < -0.3 is 4.42 Å². The molecule has 8 rings (SSSR count). The molecule has 4 heteroatoms. The summed E-state index contributed by atoms with van der Waals surface area (Å²) in [7, 11) is 0. The van der Waals surface area contributed by atoms with Gasteiger partial charge in [-0.2, -0.15) is 0 Å². The fraction of sp³-hybridized carbons (Fsp3) is 0.136. The van der Waals surface area contributed by atoms with Gasteiger partial charge in [0, 0.05) is 21.6 Å². The molecule has 0 aliphatic carbocycles. The van der Waals surface area contributed by atoms with Crippen LogP contribution in [0.2, 0.25) is 0 Å². The molecule has 1 aliphatic rings. The van der Waals surface area contributed by atoms with Crippen LogP contribution < -0.4 is 0 Å². The minimum atomic E-state index is -0.239. The van der Waals surface area contributed by atoms with E-state index in [9.17, 15) is 0 Å². The van der Waals surface area contributed by atoms with E-state index in [1.807, 2.05) is 43.4 Å². The average Bonchev–Trinajstić information content (AvgIpc) is 3.65. The molecule has 4 aromatic carbocycles. The summed E-state index contributed by atoms with van der Waals surface area (Å²) in [6, 6.07) is 30.0. The van der Waals surface area contributed by atoms with Gasteiger partial charge in [-0.15, -0.1) is 0 Å². The summed E-state index contributed by atoms with van der Waals surface area (Å²) >= 11 is 0. The second kappa shape index (κ2) is 11.2. The highest BCUT2D eigenvalue weighted by Gasteiger charge is 2.36. The lowest BCUT2D eigenvalue weighted by Gasteiger charge is -2.34. The van der Waals surface area contributed by atoms with Crippen molar-refractivity contribution in [3.63, 3.8) is 0 Å². The topological polar surface area (TPSA) is 43.9 Å². The van der Waals surface area contributed by atoms with Crippen LogP contribution in [0.4, 0.5) is 0 Å². The van der Waals surface area contributed by atoms with Crippen LogP contribution >= 0.6 is 0 Å². The third-order valence-electron chi connectivity index (χ3n) is 9.84. The molecule has 0 unspecified atom stereocenters. The molecule has 1 aliphatic heterocycles. The lowest BCUT2D eigenvalue weighted by Crippen LogP contribution is -2.26. The van der Waals surface area contributed by atoms with Gasteiger partial charge in [-0.05, 0) is 84.5 Å². The van der Waals surface area contributed by atoms with Crippen molar-refractivity contribution in [3.8, 4) is 5.69 Å². The maximum atomic E-state index is 6.58. The minimum absolute atomic E-state index is 0.239.